The summed E-state index contributed by atoms with van der Waals surface area (Å²) < 4.78 is 6.47. The number of phenols is 1. The number of allylic oxidation sites excluding steroid dienone is 1. The van der Waals surface area contributed by atoms with Crippen molar-refractivity contribution in [3.8, 4) is 5.75 Å². The average molecular weight is 504 g/mol. The van der Waals surface area contributed by atoms with Gasteiger partial charge in [-0.25, -0.2) is 9.59 Å². The molecule has 0 bridgehead atoms. The topological polar surface area (TPSA) is 113 Å². The third-order valence-electron chi connectivity index (χ3n) is 4.96. The maximum absolute atomic E-state index is 12.7. The van der Waals surface area contributed by atoms with E-state index in [4.69, 9.17) is 9.84 Å². The molecular weight excluding hydrogens is 478 g/mol. The van der Waals surface area contributed by atoms with Crippen LogP contribution in [0.5, 0.6) is 5.75 Å². The molecule has 32 heavy (non-hydrogen) atoms. The Kier molecular flexibility index (Phi) is 8.60. The van der Waals surface area contributed by atoms with Crippen LogP contribution in [-0.2, 0) is 9.53 Å². The number of anilines is 1. The predicted octanol–water partition coefficient (Wildman–Crippen LogP) is 6.09. The Morgan fingerprint density at radius 1 is 1.16 bits per heavy atom. The van der Waals surface area contributed by atoms with Crippen LogP contribution in [-0.4, -0.2) is 28.1 Å². The van der Waals surface area contributed by atoms with E-state index in [1.165, 1.54) is 13.0 Å². The van der Waals surface area contributed by atoms with E-state index in [9.17, 15) is 19.5 Å². The van der Waals surface area contributed by atoms with Gasteiger partial charge in [-0.3, -0.25) is 10.1 Å². The fourth-order valence-corrected chi connectivity index (χ4v) is 3.57. The first-order valence-electron chi connectivity index (χ1n) is 9.96. The van der Waals surface area contributed by atoms with Gasteiger partial charge in [0.2, 0.25) is 0 Å². The number of hydrogen-bond donors (Lipinski definition) is 3. The van der Waals surface area contributed by atoms with Crippen LogP contribution in [0, 0.1) is 5.41 Å². The highest BCUT2D eigenvalue weighted by molar-refractivity contribution is 9.10. The first-order valence-corrected chi connectivity index (χ1v) is 10.8. The minimum absolute atomic E-state index is 0.0223. The van der Waals surface area contributed by atoms with Gasteiger partial charge in [0, 0.05) is 32.8 Å². The summed E-state index contributed by atoms with van der Waals surface area (Å²) >= 11 is 3.38. The van der Waals surface area contributed by atoms with Crippen molar-refractivity contribution in [1.29, 1.82) is 0 Å². The highest BCUT2D eigenvalue weighted by Gasteiger charge is 2.35. The molecule has 0 radical (unpaired) electrons. The number of Topliss-reactive ketones (excluding diaryl/α,β-unsaturated/α-hetero) is 1. The summed E-state index contributed by atoms with van der Waals surface area (Å²) in [5, 5.41) is 21.9. The van der Waals surface area contributed by atoms with Crippen molar-refractivity contribution in [2.45, 2.75) is 39.7 Å². The van der Waals surface area contributed by atoms with Crippen LogP contribution in [0.25, 0.3) is 0 Å². The molecule has 2 aromatic carbocycles. The van der Waals surface area contributed by atoms with Crippen LogP contribution < -0.4 is 5.32 Å². The van der Waals surface area contributed by atoms with Crippen molar-refractivity contribution in [2.24, 2.45) is 5.41 Å². The minimum Gasteiger partial charge on any atom is -0.508 e. The molecule has 0 heterocycles. The highest BCUT2D eigenvalue weighted by atomic mass is 79.9. The Hall–Kier alpha value is -3.13. The number of carbonyl (C=O) groups is 3. The van der Waals surface area contributed by atoms with Gasteiger partial charge in [0.1, 0.15) is 11.9 Å². The number of hydrogen-bond acceptors (Lipinski definition) is 5. The monoisotopic (exact) mass is 503 g/mol. The third-order valence-corrected chi connectivity index (χ3v) is 5.45. The Bertz CT molecular complexity index is 1010. The molecule has 0 saturated heterocycles. The summed E-state index contributed by atoms with van der Waals surface area (Å²) in [6, 6.07) is 11.3. The van der Waals surface area contributed by atoms with Crippen molar-refractivity contribution in [3.63, 3.8) is 0 Å². The summed E-state index contributed by atoms with van der Waals surface area (Å²) in [7, 11) is 0. The van der Waals surface area contributed by atoms with E-state index in [0.717, 1.165) is 6.08 Å². The normalized spacial score (nSPS) is 12.4. The minimum atomic E-state index is -1.03. The quantitative estimate of drug-likeness (QED) is 0.281. The lowest BCUT2D eigenvalue weighted by molar-refractivity contribution is -0.131. The third kappa shape index (κ3) is 7.23. The molecule has 0 saturated carbocycles. The smallest absolute Gasteiger partial charge is 0.412 e. The zero-order valence-corrected chi connectivity index (χ0v) is 19.7. The van der Waals surface area contributed by atoms with E-state index in [1.54, 1.807) is 42.5 Å². The maximum Gasteiger partial charge on any atom is 0.412 e. The maximum atomic E-state index is 12.7. The highest BCUT2D eigenvalue weighted by Crippen LogP contribution is 2.44. The van der Waals surface area contributed by atoms with Crippen molar-refractivity contribution in [1.82, 2.24) is 0 Å². The van der Waals surface area contributed by atoms with Crippen LogP contribution in [0.3, 0.4) is 0 Å². The first-order chi connectivity index (χ1) is 15.0. The number of phenolic OH excluding ortho intramolecular Hbond substituents is 1. The van der Waals surface area contributed by atoms with Gasteiger partial charge in [0.15, 0.2) is 5.78 Å². The van der Waals surface area contributed by atoms with Gasteiger partial charge in [-0.15, -0.1) is 0 Å². The van der Waals surface area contributed by atoms with Crippen LogP contribution in [0.15, 0.2) is 59.1 Å². The molecular formula is C24H26BrNO6. The molecule has 0 aliphatic heterocycles. The molecule has 3 N–H and O–H groups in total. The summed E-state index contributed by atoms with van der Waals surface area (Å²) in [6.45, 7) is 5.21. The molecule has 1 atom stereocenters. The van der Waals surface area contributed by atoms with E-state index < -0.39 is 23.6 Å². The van der Waals surface area contributed by atoms with Crippen LogP contribution in [0.4, 0.5) is 10.5 Å². The number of aliphatic carboxylic acids is 1. The molecule has 0 unspecified atom stereocenters. The van der Waals surface area contributed by atoms with Crippen LogP contribution in [0.1, 0.15) is 55.6 Å². The second-order valence-corrected chi connectivity index (χ2v) is 8.93. The number of halogens is 1. The lowest BCUT2D eigenvalue weighted by Gasteiger charge is -2.34. The van der Waals surface area contributed by atoms with Gasteiger partial charge in [-0.05, 0) is 62.2 Å². The van der Waals surface area contributed by atoms with Gasteiger partial charge < -0.3 is 14.9 Å². The number of ketones is 1. The Morgan fingerprint density at radius 2 is 1.81 bits per heavy atom. The van der Waals surface area contributed by atoms with Crippen molar-refractivity contribution >= 4 is 39.5 Å². The summed E-state index contributed by atoms with van der Waals surface area (Å²) in [4.78, 5) is 34.8. The molecule has 0 aliphatic rings. The van der Waals surface area contributed by atoms with Gasteiger partial charge in [0.25, 0.3) is 0 Å². The van der Waals surface area contributed by atoms with Crippen molar-refractivity contribution in [3.05, 3.63) is 70.2 Å². The second-order valence-electron chi connectivity index (χ2n) is 8.01. The molecule has 0 fully saturated rings. The van der Waals surface area contributed by atoms with E-state index in [0.29, 0.717) is 34.1 Å². The number of rotatable bonds is 9. The summed E-state index contributed by atoms with van der Waals surface area (Å²) in [5.41, 5.74) is 0.765. The van der Waals surface area contributed by atoms with Crippen LogP contribution >= 0.6 is 15.9 Å². The zero-order valence-electron chi connectivity index (χ0n) is 18.1. The number of carboxylic acids is 1. The van der Waals surface area contributed by atoms with Gasteiger partial charge in [0.05, 0.1) is 0 Å². The number of aromatic hydroxyl groups is 1. The number of ether oxygens (including phenoxy) is 1. The Morgan fingerprint density at radius 3 is 2.41 bits per heavy atom. The Balaban J connectivity index is 2.25. The number of carboxylic acid groups (broad SMARTS) is 1. The van der Waals surface area contributed by atoms with Gasteiger partial charge in [-0.2, -0.15) is 0 Å². The largest absolute Gasteiger partial charge is 0.508 e. The number of nitrogens with one attached hydrogen (secondary N) is 1. The SMILES string of the molecule is CC(=O)c1ccc(NC(=O)O[C@H](c2cc(Br)ccc2O)C(C)(C)CC/C=C/C(=O)O)cc1. The summed E-state index contributed by atoms with van der Waals surface area (Å²) in [6.07, 6.45) is 2.00. The van der Waals surface area contributed by atoms with E-state index in [-0.39, 0.29) is 11.5 Å². The number of benzene rings is 2. The second kappa shape index (κ2) is 10.9. The number of amides is 1. The zero-order chi connectivity index (χ0) is 23.9. The van der Waals surface area contributed by atoms with E-state index in [2.05, 4.69) is 21.2 Å². The standard InChI is InChI=1S/C24H26BrNO6/c1-15(27)16-7-10-18(11-8-16)26-23(31)32-22(19-14-17(25)9-12-20(19)28)24(2,3)13-5-4-6-21(29)30/h4,6-12,14,22,28H,5,13H2,1-3H3,(H,26,31)(H,29,30)/b6-4+/t22-/m1/s1. The molecule has 0 aliphatic carbocycles. The molecule has 1 amide bonds. The summed E-state index contributed by atoms with van der Waals surface area (Å²) in [5.74, 6) is -1.13. The van der Waals surface area contributed by atoms with E-state index in [1.807, 2.05) is 13.8 Å². The lowest BCUT2D eigenvalue weighted by Crippen LogP contribution is -2.29. The van der Waals surface area contributed by atoms with Crippen molar-refractivity contribution in [2.75, 3.05) is 5.32 Å². The molecule has 0 aromatic heterocycles. The predicted molar refractivity (Wildman–Crippen MR) is 125 cm³/mol. The molecule has 2 aromatic rings. The fourth-order valence-electron chi connectivity index (χ4n) is 3.19. The van der Waals surface area contributed by atoms with Crippen LogP contribution in [0.2, 0.25) is 0 Å². The average Bonchev–Trinajstić information content (AvgIpc) is 2.71. The fraction of sp³-hybridized carbons (Fsp3) is 0.292. The molecule has 170 valence electrons. The molecule has 7 nitrogen and oxygen atoms in total. The molecule has 2 rings (SSSR count). The number of carbonyl (C=O) groups excluding carboxylic acids is 2. The van der Waals surface area contributed by atoms with Crippen molar-refractivity contribution < 1.29 is 29.3 Å². The first kappa shape index (κ1) is 25.1. The molecule has 0 spiro atoms. The molecule has 8 heteroatoms. The van der Waals surface area contributed by atoms with Gasteiger partial charge in [-0.1, -0.05) is 35.9 Å². The Labute approximate surface area is 195 Å². The van der Waals surface area contributed by atoms with E-state index >= 15 is 0 Å². The lowest BCUT2D eigenvalue weighted by atomic mass is 9.78. The van der Waals surface area contributed by atoms with Gasteiger partial charge >= 0.3 is 12.1 Å².